The summed E-state index contributed by atoms with van der Waals surface area (Å²) < 4.78 is 6.12. The van der Waals surface area contributed by atoms with Gasteiger partial charge in [-0.25, -0.2) is 0 Å². The van der Waals surface area contributed by atoms with Gasteiger partial charge in [-0.15, -0.1) is 0 Å². The van der Waals surface area contributed by atoms with Crippen LogP contribution < -0.4 is 4.90 Å². The molecule has 0 N–H and O–H groups in total. The van der Waals surface area contributed by atoms with Gasteiger partial charge in [0.25, 0.3) is 0 Å². The zero-order chi connectivity index (χ0) is 16.8. The molecule has 1 aliphatic heterocycles. The quantitative estimate of drug-likeness (QED) is 0.400. The average Bonchev–Trinajstić information content (AvgIpc) is 2.83. The standard InChI is InChI=1S/C22H21NO/c1-14-11-15(2)21(16(3)12-14)23-20-8-6-5-7-18(20)9-10-19-13-17(4)24-22(19)23/h5-13H,1-4H3. The number of hydrogen-bond donors (Lipinski definition) is 0. The van der Waals surface area contributed by atoms with Crippen molar-refractivity contribution in [2.75, 3.05) is 4.90 Å². The van der Waals surface area contributed by atoms with Crippen molar-refractivity contribution in [1.29, 1.82) is 0 Å². The van der Waals surface area contributed by atoms with Gasteiger partial charge in [-0.1, -0.05) is 42.0 Å². The molecule has 24 heavy (non-hydrogen) atoms. The van der Waals surface area contributed by atoms with E-state index < -0.39 is 0 Å². The second kappa shape index (κ2) is 5.41. The Morgan fingerprint density at radius 1 is 0.792 bits per heavy atom. The average molecular weight is 315 g/mol. The lowest BCUT2D eigenvalue weighted by atomic mass is 10.0. The predicted octanol–water partition coefficient (Wildman–Crippen LogP) is 6.47. The Hall–Kier alpha value is -2.74. The van der Waals surface area contributed by atoms with Crippen molar-refractivity contribution < 1.29 is 4.42 Å². The van der Waals surface area contributed by atoms with Crippen LogP contribution in [0.2, 0.25) is 0 Å². The molecule has 0 radical (unpaired) electrons. The summed E-state index contributed by atoms with van der Waals surface area (Å²) in [5.41, 5.74) is 8.45. The van der Waals surface area contributed by atoms with Gasteiger partial charge in [-0.05, 0) is 62.6 Å². The van der Waals surface area contributed by atoms with Crippen molar-refractivity contribution in [3.05, 3.63) is 76.0 Å². The van der Waals surface area contributed by atoms with E-state index >= 15 is 0 Å². The maximum atomic E-state index is 6.12. The van der Waals surface area contributed by atoms with Crippen LogP contribution in [-0.2, 0) is 0 Å². The first-order valence-electron chi connectivity index (χ1n) is 8.30. The zero-order valence-corrected chi connectivity index (χ0v) is 14.6. The van der Waals surface area contributed by atoms with E-state index in [-0.39, 0.29) is 0 Å². The number of para-hydroxylation sites is 1. The van der Waals surface area contributed by atoms with Crippen LogP contribution in [0.5, 0.6) is 0 Å². The van der Waals surface area contributed by atoms with Crippen LogP contribution in [0.25, 0.3) is 12.2 Å². The lowest BCUT2D eigenvalue weighted by Gasteiger charge is -2.27. The first kappa shape index (κ1) is 14.8. The van der Waals surface area contributed by atoms with Gasteiger partial charge < -0.3 is 4.42 Å². The van der Waals surface area contributed by atoms with Gasteiger partial charge in [0, 0.05) is 5.56 Å². The van der Waals surface area contributed by atoms with E-state index in [9.17, 15) is 0 Å². The van der Waals surface area contributed by atoms with Crippen molar-refractivity contribution in [2.24, 2.45) is 0 Å². The Bertz CT molecular complexity index is 939. The molecule has 1 aromatic heterocycles. The van der Waals surface area contributed by atoms with E-state index in [0.717, 1.165) is 22.9 Å². The summed E-state index contributed by atoms with van der Waals surface area (Å²) in [6.45, 7) is 8.49. The summed E-state index contributed by atoms with van der Waals surface area (Å²) in [4.78, 5) is 2.27. The molecule has 0 aliphatic carbocycles. The third-order valence-electron chi connectivity index (χ3n) is 4.55. The van der Waals surface area contributed by atoms with Crippen molar-refractivity contribution >= 4 is 29.4 Å². The number of benzene rings is 2. The van der Waals surface area contributed by atoms with Crippen LogP contribution in [0.3, 0.4) is 0 Å². The van der Waals surface area contributed by atoms with Crippen LogP contribution in [0.1, 0.15) is 33.6 Å². The van der Waals surface area contributed by atoms with Crippen LogP contribution in [0.4, 0.5) is 17.3 Å². The number of nitrogens with zero attached hydrogens (tertiary/aromatic N) is 1. The smallest absolute Gasteiger partial charge is 0.211 e. The number of furan rings is 1. The molecule has 0 spiro atoms. The number of anilines is 3. The largest absolute Gasteiger partial charge is 0.444 e. The molecule has 2 aromatic carbocycles. The topological polar surface area (TPSA) is 16.4 Å². The van der Waals surface area contributed by atoms with Gasteiger partial charge in [-0.3, -0.25) is 4.90 Å². The van der Waals surface area contributed by atoms with E-state index in [0.29, 0.717) is 0 Å². The van der Waals surface area contributed by atoms with Gasteiger partial charge in [0.15, 0.2) is 0 Å². The summed E-state index contributed by atoms with van der Waals surface area (Å²) in [7, 11) is 0. The third kappa shape index (κ3) is 2.26. The Kier molecular flexibility index (Phi) is 3.34. The van der Waals surface area contributed by atoms with Crippen LogP contribution in [-0.4, -0.2) is 0 Å². The molecule has 0 bridgehead atoms. The molecule has 0 amide bonds. The second-order valence-electron chi connectivity index (χ2n) is 6.59. The molecule has 0 saturated heterocycles. The highest BCUT2D eigenvalue weighted by Gasteiger charge is 2.25. The highest BCUT2D eigenvalue weighted by molar-refractivity contribution is 5.92. The summed E-state index contributed by atoms with van der Waals surface area (Å²) in [6.07, 6.45) is 4.31. The minimum atomic E-state index is 0.892. The normalized spacial score (nSPS) is 12.8. The molecule has 0 atom stereocenters. The van der Waals surface area contributed by atoms with E-state index in [1.54, 1.807) is 0 Å². The minimum Gasteiger partial charge on any atom is -0.444 e. The summed E-state index contributed by atoms with van der Waals surface area (Å²) in [6, 6.07) is 15.0. The maximum Gasteiger partial charge on any atom is 0.211 e. The number of hydrogen-bond acceptors (Lipinski definition) is 2. The number of rotatable bonds is 1. The molecular weight excluding hydrogens is 294 g/mol. The first-order chi connectivity index (χ1) is 11.5. The van der Waals surface area contributed by atoms with Crippen molar-refractivity contribution in [3.63, 3.8) is 0 Å². The number of fused-ring (bicyclic) bond motifs is 2. The molecule has 0 saturated carbocycles. The first-order valence-corrected chi connectivity index (χ1v) is 8.30. The van der Waals surface area contributed by atoms with Crippen molar-refractivity contribution in [2.45, 2.75) is 27.7 Å². The minimum absolute atomic E-state index is 0.892. The molecular formula is C22H21NO. The fraction of sp³-hybridized carbons (Fsp3) is 0.182. The number of aryl methyl sites for hydroxylation is 4. The SMILES string of the molecule is Cc1cc(C)c(N2c3ccccc3C=Cc3cc(C)oc32)c(C)c1. The fourth-order valence-corrected chi connectivity index (χ4v) is 3.68. The van der Waals surface area contributed by atoms with Gasteiger partial charge in [0.1, 0.15) is 5.76 Å². The van der Waals surface area contributed by atoms with E-state index in [2.05, 4.69) is 80.3 Å². The molecule has 0 fully saturated rings. The Morgan fingerprint density at radius 3 is 2.21 bits per heavy atom. The van der Waals surface area contributed by atoms with Crippen LogP contribution in [0, 0.1) is 27.7 Å². The van der Waals surface area contributed by atoms with Crippen molar-refractivity contribution in [1.82, 2.24) is 0 Å². The highest BCUT2D eigenvalue weighted by Crippen LogP contribution is 2.45. The summed E-state index contributed by atoms with van der Waals surface area (Å²) in [5.74, 6) is 1.82. The third-order valence-corrected chi connectivity index (χ3v) is 4.55. The maximum absolute atomic E-state index is 6.12. The van der Waals surface area contributed by atoms with Crippen LogP contribution in [0.15, 0.2) is 46.9 Å². The van der Waals surface area contributed by atoms with Crippen molar-refractivity contribution in [3.8, 4) is 0 Å². The monoisotopic (exact) mass is 315 g/mol. The van der Waals surface area contributed by atoms with Gasteiger partial charge in [-0.2, -0.15) is 0 Å². The molecule has 1 aliphatic rings. The molecule has 4 rings (SSSR count). The molecule has 2 heterocycles. The summed E-state index contributed by atoms with van der Waals surface area (Å²) >= 11 is 0. The van der Waals surface area contributed by atoms with Gasteiger partial charge in [0.05, 0.1) is 11.4 Å². The van der Waals surface area contributed by atoms with Gasteiger partial charge >= 0.3 is 0 Å². The molecule has 2 heteroatoms. The molecule has 120 valence electrons. The van der Waals surface area contributed by atoms with E-state index in [1.165, 1.54) is 27.9 Å². The zero-order valence-electron chi connectivity index (χ0n) is 14.6. The predicted molar refractivity (Wildman–Crippen MR) is 101 cm³/mol. The second-order valence-corrected chi connectivity index (χ2v) is 6.59. The van der Waals surface area contributed by atoms with Gasteiger partial charge in [0.2, 0.25) is 5.88 Å². The Morgan fingerprint density at radius 2 is 1.46 bits per heavy atom. The Balaban J connectivity index is 2.06. The molecule has 0 unspecified atom stereocenters. The lowest BCUT2D eigenvalue weighted by molar-refractivity contribution is 0.541. The fourth-order valence-electron chi connectivity index (χ4n) is 3.68. The summed E-state index contributed by atoms with van der Waals surface area (Å²) in [5, 5.41) is 0. The Labute approximate surface area is 143 Å². The molecule has 3 aromatic rings. The van der Waals surface area contributed by atoms with Crippen LogP contribution >= 0.6 is 0 Å². The molecule has 2 nitrogen and oxygen atoms in total. The van der Waals surface area contributed by atoms with E-state index in [4.69, 9.17) is 4.42 Å². The van der Waals surface area contributed by atoms with E-state index in [1.807, 2.05) is 6.92 Å². The lowest BCUT2D eigenvalue weighted by Crippen LogP contribution is -2.13. The highest BCUT2D eigenvalue weighted by atomic mass is 16.4.